The van der Waals surface area contributed by atoms with Crippen LogP contribution in [0.15, 0.2) is 30.5 Å². The van der Waals surface area contributed by atoms with Crippen LogP contribution in [0.25, 0.3) is 0 Å². The van der Waals surface area contributed by atoms with Crippen LogP contribution >= 0.6 is 0 Å². The molecule has 2 heterocycles. The largest absolute Gasteiger partial charge is 0.375 e. The SMILES string of the molecule is CC(C)COCc1c(C(=O)N2CCC2Cc2ccccc2F)cnn1C. The zero-order valence-corrected chi connectivity index (χ0v) is 15.6. The van der Waals surface area contributed by atoms with Crippen LogP contribution in [-0.4, -0.2) is 39.8 Å². The van der Waals surface area contributed by atoms with Gasteiger partial charge in [-0.1, -0.05) is 32.0 Å². The van der Waals surface area contributed by atoms with E-state index in [1.807, 2.05) is 18.0 Å². The molecule has 1 aliphatic heterocycles. The number of carbonyl (C=O) groups excluding carboxylic acids is 1. The van der Waals surface area contributed by atoms with Crippen molar-refractivity contribution in [1.82, 2.24) is 14.7 Å². The Kier molecular flexibility index (Phi) is 5.71. The number of hydrogen-bond donors (Lipinski definition) is 0. The topological polar surface area (TPSA) is 47.4 Å². The molecule has 0 radical (unpaired) electrons. The van der Waals surface area contributed by atoms with E-state index in [1.54, 1.807) is 23.0 Å². The van der Waals surface area contributed by atoms with Crippen LogP contribution in [0, 0.1) is 11.7 Å². The Labute approximate surface area is 153 Å². The van der Waals surface area contributed by atoms with Crippen LogP contribution in [0.5, 0.6) is 0 Å². The van der Waals surface area contributed by atoms with E-state index in [0.29, 0.717) is 43.2 Å². The molecule has 0 aliphatic carbocycles. The molecule has 2 aromatic rings. The van der Waals surface area contributed by atoms with Crippen LogP contribution in [0.1, 0.15) is 41.9 Å². The van der Waals surface area contributed by atoms with Crippen LogP contribution in [0.4, 0.5) is 4.39 Å². The molecule has 1 saturated heterocycles. The first kappa shape index (κ1) is 18.6. The molecule has 140 valence electrons. The smallest absolute Gasteiger partial charge is 0.257 e. The van der Waals surface area contributed by atoms with E-state index in [0.717, 1.165) is 12.1 Å². The number of halogens is 1. The monoisotopic (exact) mass is 359 g/mol. The number of carbonyl (C=O) groups is 1. The number of aryl methyl sites for hydroxylation is 1. The van der Waals surface area contributed by atoms with Crippen LogP contribution in [0.3, 0.4) is 0 Å². The molecule has 0 N–H and O–H groups in total. The van der Waals surface area contributed by atoms with Gasteiger partial charge in [0.2, 0.25) is 0 Å². The molecule has 0 bridgehead atoms. The van der Waals surface area contributed by atoms with Gasteiger partial charge in [0.15, 0.2) is 0 Å². The summed E-state index contributed by atoms with van der Waals surface area (Å²) in [7, 11) is 1.82. The molecule has 0 saturated carbocycles. The molecular weight excluding hydrogens is 333 g/mol. The summed E-state index contributed by atoms with van der Waals surface area (Å²) in [5, 5.41) is 4.23. The summed E-state index contributed by atoms with van der Waals surface area (Å²) in [6, 6.07) is 6.79. The molecule has 1 fully saturated rings. The van der Waals surface area contributed by atoms with Gasteiger partial charge < -0.3 is 9.64 Å². The second kappa shape index (κ2) is 7.99. The number of amides is 1. The summed E-state index contributed by atoms with van der Waals surface area (Å²) < 4.78 is 21.3. The maximum absolute atomic E-state index is 13.9. The Bertz CT molecular complexity index is 772. The number of likely N-dealkylation sites (tertiary alicyclic amines) is 1. The van der Waals surface area contributed by atoms with Crippen molar-refractivity contribution < 1.29 is 13.9 Å². The Hall–Kier alpha value is -2.21. The average Bonchev–Trinajstić information content (AvgIpc) is 2.94. The third-order valence-corrected chi connectivity index (χ3v) is 4.80. The lowest BCUT2D eigenvalue weighted by Crippen LogP contribution is -2.52. The first-order valence-electron chi connectivity index (χ1n) is 9.10. The number of nitrogens with zero attached hydrogens (tertiary/aromatic N) is 3. The molecule has 1 aliphatic rings. The van der Waals surface area contributed by atoms with Gasteiger partial charge in [-0.3, -0.25) is 9.48 Å². The van der Waals surface area contributed by atoms with Crippen molar-refractivity contribution in [1.29, 1.82) is 0 Å². The maximum Gasteiger partial charge on any atom is 0.257 e. The second-order valence-electron chi connectivity index (χ2n) is 7.27. The third-order valence-electron chi connectivity index (χ3n) is 4.80. The van der Waals surface area contributed by atoms with Gasteiger partial charge in [0.05, 0.1) is 24.1 Å². The minimum atomic E-state index is -0.212. The minimum Gasteiger partial charge on any atom is -0.375 e. The molecule has 6 heteroatoms. The highest BCUT2D eigenvalue weighted by Crippen LogP contribution is 2.26. The van der Waals surface area contributed by atoms with Gasteiger partial charge in [-0.2, -0.15) is 5.10 Å². The molecule has 1 amide bonds. The fourth-order valence-electron chi connectivity index (χ4n) is 3.20. The molecular formula is C20H26FN3O2. The van der Waals surface area contributed by atoms with Crippen molar-refractivity contribution in [2.24, 2.45) is 13.0 Å². The Balaban J connectivity index is 1.68. The predicted molar refractivity (Wildman–Crippen MR) is 97.2 cm³/mol. The first-order valence-corrected chi connectivity index (χ1v) is 9.10. The lowest BCUT2D eigenvalue weighted by molar-refractivity contribution is 0.0453. The highest BCUT2D eigenvalue weighted by atomic mass is 19.1. The average molecular weight is 359 g/mol. The highest BCUT2D eigenvalue weighted by molar-refractivity contribution is 5.95. The first-order chi connectivity index (χ1) is 12.5. The summed E-state index contributed by atoms with van der Waals surface area (Å²) in [5.74, 6) is 0.174. The van der Waals surface area contributed by atoms with Crippen molar-refractivity contribution in [3.63, 3.8) is 0 Å². The van der Waals surface area contributed by atoms with Crippen molar-refractivity contribution in [3.05, 3.63) is 53.1 Å². The Morgan fingerprint density at radius 2 is 2.15 bits per heavy atom. The number of aromatic nitrogens is 2. The standard InChI is InChI=1S/C20H26FN3O2/c1-14(2)12-26-13-19-17(11-22-23(19)3)20(25)24-9-8-16(24)10-15-6-4-5-7-18(15)21/h4-7,11,14,16H,8-10,12-13H2,1-3H3. The van der Waals surface area contributed by atoms with E-state index < -0.39 is 0 Å². The lowest BCUT2D eigenvalue weighted by Gasteiger charge is -2.41. The van der Waals surface area contributed by atoms with Gasteiger partial charge in [0, 0.05) is 26.2 Å². The molecule has 5 nitrogen and oxygen atoms in total. The molecule has 3 rings (SSSR count). The summed E-state index contributed by atoms with van der Waals surface area (Å²) >= 11 is 0. The highest BCUT2D eigenvalue weighted by Gasteiger charge is 2.35. The quantitative estimate of drug-likeness (QED) is 0.763. The van der Waals surface area contributed by atoms with Gasteiger partial charge in [-0.25, -0.2) is 4.39 Å². The van der Waals surface area contributed by atoms with Gasteiger partial charge in [0.1, 0.15) is 5.82 Å². The summed E-state index contributed by atoms with van der Waals surface area (Å²) in [4.78, 5) is 14.8. The van der Waals surface area contributed by atoms with E-state index in [2.05, 4.69) is 18.9 Å². The van der Waals surface area contributed by atoms with E-state index in [4.69, 9.17) is 4.74 Å². The number of ether oxygens (including phenoxy) is 1. The summed E-state index contributed by atoms with van der Waals surface area (Å²) in [6.07, 6.45) is 3.03. The molecule has 0 spiro atoms. The molecule has 1 aromatic heterocycles. The summed E-state index contributed by atoms with van der Waals surface area (Å²) in [6.45, 7) is 5.87. The number of hydrogen-bond acceptors (Lipinski definition) is 3. The van der Waals surface area contributed by atoms with Gasteiger partial charge in [-0.15, -0.1) is 0 Å². The van der Waals surface area contributed by atoms with E-state index in [-0.39, 0.29) is 17.8 Å². The predicted octanol–water partition coefficient (Wildman–Crippen LogP) is 3.19. The Morgan fingerprint density at radius 1 is 1.38 bits per heavy atom. The fraction of sp³-hybridized carbons (Fsp3) is 0.500. The van der Waals surface area contributed by atoms with Gasteiger partial charge in [0.25, 0.3) is 5.91 Å². The lowest BCUT2D eigenvalue weighted by atomic mass is 9.94. The van der Waals surface area contributed by atoms with Crippen molar-refractivity contribution in [2.75, 3.05) is 13.2 Å². The van der Waals surface area contributed by atoms with E-state index in [1.165, 1.54) is 6.07 Å². The molecule has 1 aromatic carbocycles. The van der Waals surface area contributed by atoms with Crippen molar-refractivity contribution in [3.8, 4) is 0 Å². The van der Waals surface area contributed by atoms with Gasteiger partial charge >= 0.3 is 0 Å². The molecule has 1 atom stereocenters. The number of rotatable bonds is 7. The second-order valence-corrected chi connectivity index (χ2v) is 7.27. The van der Waals surface area contributed by atoms with Crippen LogP contribution in [0.2, 0.25) is 0 Å². The van der Waals surface area contributed by atoms with Crippen molar-refractivity contribution >= 4 is 5.91 Å². The van der Waals surface area contributed by atoms with Crippen molar-refractivity contribution in [2.45, 2.75) is 39.3 Å². The molecule has 26 heavy (non-hydrogen) atoms. The third kappa shape index (κ3) is 3.96. The van der Waals surface area contributed by atoms with Crippen LogP contribution < -0.4 is 0 Å². The normalized spacial score (nSPS) is 16.8. The maximum atomic E-state index is 13.9. The number of benzene rings is 1. The fourth-order valence-corrected chi connectivity index (χ4v) is 3.20. The van der Waals surface area contributed by atoms with E-state index in [9.17, 15) is 9.18 Å². The minimum absolute atomic E-state index is 0.0315. The zero-order valence-electron chi connectivity index (χ0n) is 15.6. The Morgan fingerprint density at radius 3 is 2.81 bits per heavy atom. The van der Waals surface area contributed by atoms with E-state index >= 15 is 0 Å². The van der Waals surface area contributed by atoms with Gasteiger partial charge in [-0.05, 0) is 30.4 Å². The summed E-state index contributed by atoms with van der Waals surface area (Å²) in [5.41, 5.74) is 2.02. The zero-order chi connectivity index (χ0) is 18.7. The van der Waals surface area contributed by atoms with Crippen LogP contribution in [-0.2, 0) is 24.8 Å². The molecule has 1 unspecified atom stereocenters.